The molecule has 5 nitrogen and oxygen atoms in total. The van der Waals surface area contributed by atoms with E-state index in [0.717, 1.165) is 45.1 Å². The number of carbonyl (C=O) groups excluding carboxylic acids is 2. The molecule has 2 rings (SSSR count). The Bertz CT molecular complexity index is 371. The van der Waals surface area contributed by atoms with Gasteiger partial charge in [-0.2, -0.15) is 0 Å². The Morgan fingerprint density at radius 3 is 2.18 bits per heavy atom. The lowest BCUT2D eigenvalue weighted by Gasteiger charge is -2.34. The van der Waals surface area contributed by atoms with Crippen molar-refractivity contribution in [3.63, 3.8) is 0 Å². The molecule has 2 aliphatic rings. The van der Waals surface area contributed by atoms with Crippen LogP contribution in [0, 0.1) is 5.92 Å². The van der Waals surface area contributed by atoms with Gasteiger partial charge in [-0.1, -0.05) is 0 Å². The smallest absolute Gasteiger partial charge is 0.222 e. The van der Waals surface area contributed by atoms with Crippen molar-refractivity contribution in [2.24, 2.45) is 5.92 Å². The first-order chi connectivity index (χ1) is 10.6. The molecule has 2 saturated carbocycles. The SMILES string of the molecule is CCOC1CCC(OCCC(=O)NC2CC(C(C)=O)C2)CC1. The molecule has 0 spiro atoms. The van der Waals surface area contributed by atoms with Crippen LogP contribution in [0.15, 0.2) is 0 Å². The third-order valence-corrected chi connectivity index (χ3v) is 4.78. The molecule has 0 unspecified atom stereocenters. The normalized spacial score (nSPS) is 31.4. The topological polar surface area (TPSA) is 64.6 Å². The summed E-state index contributed by atoms with van der Waals surface area (Å²) in [5.41, 5.74) is 0. The first kappa shape index (κ1) is 17.4. The van der Waals surface area contributed by atoms with Gasteiger partial charge in [-0.25, -0.2) is 0 Å². The van der Waals surface area contributed by atoms with E-state index in [0.29, 0.717) is 19.1 Å². The van der Waals surface area contributed by atoms with Crippen LogP contribution >= 0.6 is 0 Å². The highest BCUT2D eigenvalue weighted by Gasteiger charge is 2.33. The third-order valence-electron chi connectivity index (χ3n) is 4.78. The van der Waals surface area contributed by atoms with Crippen LogP contribution in [0.2, 0.25) is 0 Å². The number of ether oxygens (including phenoxy) is 2. The second-order valence-electron chi connectivity index (χ2n) is 6.52. The summed E-state index contributed by atoms with van der Waals surface area (Å²) in [6.45, 7) is 4.92. The number of hydrogen-bond donors (Lipinski definition) is 1. The Hall–Kier alpha value is -0.940. The van der Waals surface area contributed by atoms with E-state index in [1.165, 1.54) is 0 Å². The number of Topliss-reactive ketones (excluding diaryl/α,β-unsaturated/α-hetero) is 1. The van der Waals surface area contributed by atoms with Crippen molar-refractivity contribution in [1.29, 1.82) is 0 Å². The molecule has 0 aromatic heterocycles. The van der Waals surface area contributed by atoms with Crippen molar-refractivity contribution in [2.45, 2.75) is 77.0 Å². The van der Waals surface area contributed by atoms with Crippen molar-refractivity contribution in [2.75, 3.05) is 13.2 Å². The molecule has 5 heteroatoms. The molecule has 0 aliphatic heterocycles. The fourth-order valence-electron chi connectivity index (χ4n) is 3.29. The van der Waals surface area contributed by atoms with Gasteiger partial charge in [0.05, 0.1) is 18.8 Å². The van der Waals surface area contributed by atoms with Gasteiger partial charge in [-0.15, -0.1) is 0 Å². The number of amides is 1. The second-order valence-corrected chi connectivity index (χ2v) is 6.52. The van der Waals surface area contributed by atoms with E-state index >= 15 is 0 Å². The number of nitrogens with one attached hydrogen (secondary N) is 1. The van der Waals surface area contributed by atoms with Crippen molar-refractivity contribution >= 4 is 11.7 Å². The number of hydrogen-bond acceptors (Lipinski definition) is 4. The summed E-state index contributed by atoms with van der Waals surface area (Å²) in [5, 5.41) is 2.97. The zero-order valence-electron chi connectivity index (χ0n) is 13.8. The fourth-order valence-corrected chi connectivity index (χ4v) is 3.29. The lowest BCUT2D eigenvalue weighted by Crippen LogP contribution is -2.46. The molecule has 0 aromatic carbocycles. The average molecular weight is 311 g/mol. The zero-order valence-corrected chi connectivity index (χ0v) is 13.8. The molecular weight excluding hydrogens is 282 g/mol. The summed E-state index contributed by atoms with van der Waals surface area (Å²) in [4.78, 5) is 22.9. The molecule has 0 bridgehead atoms. The van der Waals surface area contributed by atoms with Crippen LogP contribution in [0.4, 0.5) is 0 Å². The highest BCUT2D eigenvalue weighted by atomic mass is 16.5. The third kappa shape index (κ3) is 5.36. The van der Waals surface area contributed by atoms with Crippen molar-refractivity contribution in [3.8, 4) is 0 Å². The molecule has 22 heavy (non-hydrogen) atoms. The second kappa shape index (κ2) is 8.63. The van der Waals surface area contributed by atoms with Crippen LogP contribution in [-0.4, -0.2) is 43.2 Å². The Morgan fingerprint density at radius 2 is 1.64 bits per heavy atom. The van der Waals surface area contributed by atoms with Crippen LogP contribution in [-0.2, 0) is 19.1 Å². The summed E-state index contributed by atoms with van der Waals surface area (Å²) >= 11 is 0. The van der Waals surface area contributed by atoms with Gasteiger partial charge < -0.3 is 14.8 Å². The Morgan fingerprint density at radius 1 is 1.05 bits per heavy atom. The average Bonchev–Trinajstić information content (AvgIpc) is 2.44. The van der Waals surface area contributed by atoms with Gasteiger partial charge in [0.1, 0.15) is 5.78 Å². The Labute approximate surface area is 133 Å². The van der Waals surface area contributed by atoms with Crippen molar-refractivity contribution in [3.05, 3.63) is 0 Å². The Balaban J connectivity index is 1.50. The summed E-state index contributed by atoms with van der Waals surface area (Å²) in [5.74, 6) is 0.425. The molecule has 0 radical (unpaired) electrons. The van der Waals surface area contributed by atoms with E-state index in [1.807, 2.05) is 6.92 Å². The van der Waals surface area contributed by atoms with E-state index < -0.39 is 0 Å². The minimum atomic E-state index is 0.0370. The van der Waals surface area contributed by atoms with Gasteiger partial charge in [0.2, 0.25) is 5.91 Å². The quantitative estimate of drug-likeness (QED) is 0.746. The van der Waals surface area contributed by atoms with Crippen molar-refractivity contribution in [1.82, 2.24) is 5.32 Å². The maximum absolute atomic E-state index is 11.8. The standard InChI is InChI=1S/C17H29NO4/c1-3-21-15-4-6-16(7-5-15)22-9-8-17(20)18-14-10-13(11-14)12(2)19/h13-16H,3-11H2,1-2H3,(H,18,20). The summed E-state index contributed by atoms with van der Waals surface area (Å²) in [7, 11) is 0. The first-order valence-corrected chi connectivity index (χ1v) is 8.61. The lowest BCUT2D eigenvalue weighted by atomic mass is 9.78. The van der Waals surface area contributed by atoms with Crippen LogP contribution in [0.3, 0.4) is 0 Å². The molecule has 2 aliphatic carbocycles. The van der Waals surface area contributed by atoms with E-state index in [9.17, 15) is 9.59 Å². The van der Waals surface area contributed by atoms with Gasteiger partial charge in [0, 0.05) is 25.0 Å². The molecule has 126 valence electrons. The van der Waals surface area contributed by atoms with Gasteiger partial charge in [0.25, 0.3) is 0 Å². The van der Waals surface area contributed by atoms with Crippen LogP contribution in [0.5, 0.6) is 0 Å². The number of ketones is 1. The zero-order chi connectivity index (χ0) is 15.9. The van der Waals surface area contributed by atoms with Crippen molar-refractivity contribution < 1.29 is 19.1 Å². The van der Waals surface area contributed by atoms with Gasteiger partial charge in [-0.05, 0) is 52.4 Å². The number of carbonyl (C=O) groups is 2. The minimum Gasteiger partial charge on any atom is -0.379 e. The Kier molecular flexibility index (Phi) is 6.83. The van der Waals surface area contributed by atoms with Crippen LogP contribution in [0.1, 0.15) is 58.8 Å². The van der Waals surface area contributed by atoms with E-state index in [2.05, 4.69) is 5.32 Å². The summed E-state index contributed by atoms with van der Waals surface area (Å²) in [6, 6.07) is 0.183. The van der Waals surface area contributed by atoms with Gasteiger partial charge in [-0.3, -0.25) is 9.59 Å². The van der Waals surface area contributed by atoms with E-state index in [4.69, 9.17) is 9.47 Å². The molecule has 0 heterocycles. The highest BCUT2D eigenvalue weighted by molar-refractivity contribution is 5.80. The number of rotatable bonds is 8. The highest BCUT2D eigenvalue weighted by Crippen LogP contribution is 2.28. The van der Waals surface area contributed by atoms with E-state index in [1.54, 1.807) is 6.92 Å². The minimum absolute atomic E-state index is 0.0370. The van der Waals surface area contributed by atoms with Gasteiger partial charge >= 0.3 is 0 Å². The molecule has 0 saturated heterocycles. The fraction of sp³-hybridized carbons (Fsp3) is 0.882. The predicted octanol–water partition coefficient (Wildman–Crippen LogP) is 2.22. The van der Waals surface area contributed by atoms with Crippen LogP contribution < -0.4 is 5.32 Å². The molecule has 2 fully saturated rings. The van der Waals surface area contributed by atoms with Crippen LogP contribution in [0.25, 0.3) is 0 Å². The summed E-state index contributed by atoms with van der Waals surface area (Å²) < 4.78 is 11.4. The molecule has 0 aromatic rings. The molecule has 1 N–H and O–H groups in total. The first-order valence-electron chi connectivity index (χ1n) is 8.61. The monoisotopic (exact) mass is 311 g/mol. The largest absolute Gasteiger partial charge is 0.379 e. The maximum atomic E-state index is 11.8. The maximum Gasteiger partial charge on any atom is 0.222 e. The molecule has 0 atom stereocenters. The lowest BCUT2D eigenvalue weighted by molar-refractivity contribution is -0.128. The van der Waals surface area contributed by atoms with E-state index in [-0.39, 0.29) is 29.8 Å². The summed E-state index contributed by atoms with van der Waals surface area (Å²) in [6.07, 6.45) is 6.82. The predicted molar refractivity (Wildman–Crippen MR) is 83.6 cm³/mol. The molecular formula is C17H29NO4. The molecule has 1 amide bonds. The van der Waals surface area contributed by atoms with Gasteiger partial charge in [0.15, 0.2) is 0 Å².